The van der Waals surface area contributed by atoms with E-state index >= 15 is 0 Å². The Morgan fingerprint density at radius 2 is 1.95 bits per heavy atom. The lowest BCUT2D eigenvalue weighted by atomic mass is 10.0. The lowest BCUT2D eigenvalue weighted by molar-refractivity contribution is -0.0686. The van der Waals surface area contributed by atoms with Crippen molar-refractivity contribution in [3.63, 3.8) is 0 Å². The number of hydrogen-bond acceptors (Lipinski definition) is 3. The van der Waals surface area contributed by atoms with Gasteiger partial charge in [0.1, 0.15) is 0 Å². The number of morpholine rings is 1. The first-order valence-electron chi connectivity index (χ1n) is 7.95. The zero-order chi connectivity index (χ0) is 15.2. The Labute approximate surface area is 137 Å². The van der Waals surface area contributed by atoms with E-state index in [0.717, 1.165) is 32.6 Å². The Bertz CT molecular complexity index is 431. The summed E-state index contributed by atoms with van der Waals surface area (Å²) in [6.07, 6.45) is 1.81. The van der Waals surface area contributed by atoms with Crippen LogP contribution in [0.25, 0.3) is 0 Å². The van der Waals surface area contributed by atoms with Gasteiger partial charge in [-0.05, 0) is 38.4 Å². The summed E-state index contributed by atoms with van der Waals surface area (Å²) >= 11 is 3.68. The van der Waals surface area contributed by atoms with Crippen molar-refractivity contribution >= 4 is 15.9 Å². The lowest BCUT2D eigenvalue weighted by Crippen LogP contribution is -2.46. The van der Waals surface area contributed by atoms with E-state index in [1.807, 2.05) is 0 Å². The zero-order valence-corrected chi connectivity index (χ0v) is 14.9. The first-order valence-corrected chi connectivity index (χ1v) is 8.75. The van der Waals surface area contributed by atoms with Crippen LogP contribution in [0.2, 0.25) is 0 Å². The number of nitrogens with one attached hydrogen (secondary N) is 1. The van der Waals surface area contributed by atoms with Crippen LogP contribution in [-0.2, 0) is 4.74 Å². The highest BCUT2D eigenvalue weighted by molar-refractivity contribution is 9.10. The van der Waals surface area contributed by atoms with Crippen molar-refractivity contribution in [3.8, 4) is 0 Å². The van der Waals surface area contributed by atoms with E-state index in [1.165, 1.54) is 10.0 Å². The molecule has 0 spiro atoms. The largest absolute Gasteiger partial charge is 0.373 e. The van der Waals surface area contributed by atoms with Gasteiger partial charge in [-0.25, -0.2) is 0 Å². The molecule has 1 aromatic rings. The van der Waals surface area contributed by atoms with Crippen LogP contribution in [0.1, 0.15) is 38.8 Å². The van der Waals surface area contributed by atoms with Crippen molar-refractivity contribution in [2.75, 3.05) is 26.2 Å². The van der Waals surface area contributed by atoms with Gasteiger partial charge >= 0.3 is 0 Å². The second kappa shape index (κ2) is 8.28. The van der Waals surface area contributed by atoms with Gasteiger partial charge < -0.3 is 10.1 Å². The molecule has 0 saturated carbocycles. The molecule has 3 unspecified atom stereocenters. The van der Waals surface area contributed by atoms with E-state index in [-0.39, 0.29) is 0 Å². The summed E-state index contributed by atoms with van der Waals surface area (Å²) in [7, 11) is 0. The fraction of sp³-hybridized carbons (Fsp3) is 0.647. The van der Waals surface area contributed by atoms with Crippen LogP contribution >= 0.6 is 15.9 Å². The minimum atomic E-state index is 0.342. The Balaban J connectivity index is 1.96. The topological polar surface area (TPSA) is 24.5 Å². The van der Waals surface area contributed by atoms with Gasteiger partial charge in [0.25, 0.3) is 0 Å². The number of rotatable bonds is 6. The van der Waals surface area contributed by atoms with Crippen LogP contribution in [0.15, 0.2) is 28.7 Å². The molecule has 0 bridgehead atoms. The quantitative estimate of drug-likeness (QED) is 0.844. The summed E-state index contributed by atoms with van der Waals surface area (Å²) in [5.74, 6) is 0. The molecule has 1 aliphatic heterocycles. The molecule has 0 aliphatic carbocycles. The smallest absolute Gasteiger partial charge is 0.0678 e. The molecule has 1 aliphatic rings. The summed E-state index contributed by atoms with van der Waals surface area (Å²) < 4.78 is 7.00. The maximum Gasteiger partial charge on any atom is 0.0678 e. The molecule has 0 amide bonds. The minimum Gasteiger partial charge on any atom is -0.373 e. The fourth-order valence-electron chi connectivity index (χ4n) is 3.15. The van der Waals surface area contributed by atoms with Gasteiger partial charge in [-0.15, -0.1) is 0 Å². The van der Waals surface area contributed by atoms with Crippen LogP contribution in [0.5, 0.6) is 0 Å². The molecule has 1 aromatic carbocycles. The molecule has 3 atom stereocenters. The highest BCUT2D eigenvalue weighted by Crippen LogP contribution is 2.26. The van der Waals surface area contributed by atoms with E-state index in [2.05, 4.69) is 71.2 Å². The zero-order valence-electron chi connectivity index (χ0n) is 13.3. The van der Waals surface area contributed by atoms with Crippen molar-refractivity contribution in [1.29, 1.82) is 0 Å². The fourth-order valence-corrected chi connectivity index (χ4v) is 3.71. The average Bonchev–Trinajstić information content (AvgIpc) is 2.43. The molecule has 2 rings (SSSR count). The second-order valence-electron chi connectivity index (χ2n) is 5.94. The number of benzene rings is 1. The van der Waals surface area contributed by atoms with Crippen molar-refractivity contribution in [2.45, 2.75) is 45.4 Å². The monoisotopic (exact) mass is 354 g/mol. The number of nitrogens with zero attached hydrogens (tertiary/aromatic N) is 1. The van der Waals surface area contributed by atoms with Gasteiger partial charge in [-0.2, -0.15) is 0 Å². The SMILES string of the molecule is CCNC(CCN1CC(C)OC(C)C1)c1ccccc1Br. The van der Waals surface area contributed by atoms with Crippen molar-refractivity contribution in [3.05, 3.63) is 34.3 Å². The Morgan fingerprint density at radius 1 is 1.29 bits per heavy atom. The molecule has 1 saturated heterocycles. The van der Waals surface area contributed by atoms with E-state index in [9.17, 15) is 0 Å². The Morgan fingerprint density at radius 3 is 2.57 bits per heavy atom. The predicted octanol–water partition coefficient (Wildman–Crippen LogP) is 3.60. The van der Waals surface area contributed by atoms with Crippen LogP contribution < -0.4 is 5.32 Å². The first kappa shape index (κ1) is 16.9. The third-order valence-corrected chi connectivity index (χ3v) is 4.68. The molecule has 3 nitrogen and oxygen atoms in total. The third kappa shape index (κ3) is 5.06. The third-order valence-electron chi connectivity index (χ3n) is 3.96. The van der Waals surface area contributed by atoms with Crippen molar-refractivity contribution in [1.82, 2.24) is 10.2 Å². The Hall–Kier alpha value is -0.420. The van der Waals surface area contributed by atoms with E-state index in [0.29, 0.717) is 18.2 Å². The van der Waals surface area contributed by atoms with Gasteiger partial charge in [-0.3, -0.25) is 4.90 Å². The molecule has 0 radical (unpaired) electrons. The summed E-state index contributed by atoms with van der Waals surface area (Å²) in [6.45, 7) is 10.7. The van der Waals surface area contributed by atoms with Crippen LogP contribution in [-0.4, -0.2) is 43.3 Å². The minimum absolute atomic E-state index is 0.342. The van der Waals surface area contributed by atoms with Crippen molar-refractivity contribution in [2.24, 2.45) is 0 Å². The molecular formula is C17H27BrN2O. The number of hydrogen-bond donors (Lipinski definition) is 1. The number of halogens is 1. The molecule has 118 valence electrons. The standard InChI is InChI=1S/C17H27BrN2O/c1-4-19-17(15-7-5-6-8-16(15)18)9-10-20-11-13(2)21-14(3)12-20/h5-8,13-14,17,19H,4,9-12H2,1-3H3. The molecule has 1 fully saturated rings. The van der Waals surface area contributed by atoms with E-state index in [4.69, 9.17) is 4.74 Å². The maximum absolute atomic E-state index is 5.81. The summed E-state index contributed by atoms with van der Waals surface area (Å²) in [4.78, 5) is 2.53. The second-order valence-corrected chi connectivity index (χ2v) is 6.79. The van der Waals surface area contributed by atoms with Crippen molar-refractivity contribution < 1.29 is 4.74 Å². The van der Waals surface area contributed by atoms with Crippen LogP contribution in [0, 0.1) is 0 Å². The van der Waals surface area contributed by atoms with E-state index < -0.39 is 0 Å². The molecular weight excluding hydrogens is 328 g/mol. The van der Waals surface area contributed by atoms with Gasteiger partial charge in [0, 0.05) is 30.1 Å². The highest BCUT2D eigenvalue weighted by atomic mass is 79.9. The van der Waals surface area contributed by atoms with Gasteiger partial charge in [0.2, 0.25) is 0 Å². The van der Waals surface area contributed by atoms with Gasteiger partial charge in [-0.1, -0.05) is 41.1 Å². The first-order chi connectivity index (χ1) is 10.1. The summed E-state index contributed by atoms with van der Waals surface area (Å²) in [5, 5.41) is 3.61. The molecule has 1 N–H and O–H groups in total. The van der Waals surface area contributed by atoms with Crippen LogP contribution in [0.4, 0.5) is 0 Å². The molecule has 0 aromatic heterocycles. The highest BCUT2D eigenvalue weighted by Gasteiger charge is 2.23. The molecule has 1 heterocycles. The number of ether oxygens (including phenoxy) is 1. The lowest BCUT2D eigenvalue weighted by Gasteiger charge is -2.36. The average molecular weight is 355 g/mol. The van der Waals surface area contributed by atoms with Gasteiger partial charge in [0.15, 0.2) is 0 Å². The normalized spacial score (nSPS) is 25.0. The molecule has 21 heavy (non-hydrogen) atoms. The van der Waals surface area contributed by atoms with E-state index in [1.54, 1.807) is 0 Å². The molecule has 4 heteroatoms. The Kier molecular flexibility index (Phi) is 6.68. The summed E-state index contributed by atoms with van der Waals surface area (Å²) in [6, 6.07) is 8.92. The van der Waals surface area contributed by atoms with Gasteiger partial charge in [0.05, 0.1) is 12.2 Å². The summed E-state index contributed by atoms with van der Waals surface area (Å²) in [5.41, 5.74) is 1.36. The predicted molar refractivity (Wildman–Crippen MR) is 91.6 cm³/mol. The maximum atomic E-state index is 5.81. The van der Waals surface area contributed by atoms with Crippen LogP contribution in [0.3, 0.4) is 0 Å².